The summed E-state index contributed by atoms with van der Waals surface area (Å²) in [7, 11) is 0. The molecule has 0 saturated carbocycles. The minimum absolute atomic E-state index is 0.385. The van der Waals surface area contributed by atoms with Crippen molar-refractivity contribution in [2.45, 2.75) is 38.8 Å². The summed E-state index contributed by atoms with van der Waals surface area (Å²) in [6.45, 7) is 5.36. The smallest absolute Gasteiger partial charge is 0.0995 e. The number of imidazole rings is 1. The molecule has 0 spiro atoms. The molecular weight excluding hydrogens is 226 g/mol. The van der Waals surface area contributed by atoms with E-state index in [1.807, 2.05) is 23.4 Å². The van der Waals surface area contributed by atoms with Crippen LogP contribution in [0.5, 0.6) is 0 Å². The Morgan fingerprint density at radius 2 is 2.28 bits per heavy atom. The van der Waals surface area contributed by atoms with Gasteiger partial charge in [-0.3, -0.25) is 9.25 Å². The molecule has 0 bridgehead atoms. The number of nitrogens with zero attached hydrogens (tertiary/aromatic N) is 4. The highest BCUT2D eigenvalue weighted by molar-refractivity contribution is 5.30. The number of nitrogens with one attached hydrogen (secondary N) is 1. The van der Waals surface area contributed by atoms with Crippen LogP contribution in [0, 0.1) is 0 Å². The highest BCUT2D eigenvalue weighted by Gasteiger charge is 2.20. The Balaban J connectivity index is 1.93. The molecule has 1 unspecified atom stereocenters. The molecule has 18 heavy (non-hydrogen) atoms. The van der Waals surface area contributed by atoms with Gasteiger partial charge < -0.3 is 5.32 Å². The van der Waals surface area contributed by atoms with Gasteiger partial charge in [-0.2, -0.15) is 5.10 Å². The van der Waals surface area contributed by atoms with Crippen molar-refractivity contribution >= 4 is 0 Å². The number of hydrogen-bond acceptors (Lipinski definition) is 3. The highest BCUT2D eigenvalue weighted by Crippen LogP contribution is 2.25. The molecule has 3 rings (SSSR count). The van der Waals surface area contributed by atoms with Gasteiger partial charge in [0.2, 0.25) is 0 Å². The van der Waals surface area contributed by atoms with E-state index in [1.165, 1.54) is 18.5 Å². The van der Waals surface area contributed by atoms with Gasteiger partial charge in [-0.1, -0.05) is 0 Å². The van der Waals surface area contributed by atoms with Crippen molar-refractivity contribution in [1.82, 2.24) is 24.6 Å². The lowest BCUT2D eigenvalue weighted by molar-refractivity contribution is 0.532. The SMILES string of the molecule is CC(C)n1cc(-n2cncc2C2CCCN2)cn1. The van der Waals surface area contributed by atoms with Crippen LogP contribution in [0.25, 0.3) is 5.69 Å². The maximum Gasteiger partial charge on any atom is 0.0995 e. The summed E-state index contributed by atoms with van der Waals surface area (Å²) < 4.78 is 4.11. The van der Waals surface area contributed by atoms with Crippen molar-refractivity contribution in [3.05, 3.63) is 30.6 Å². The van der Waals surface area contributed by atoms with Gasteiger partial charge in [-0.15, -0.1) is 0 Å². The second kappa shape index (κ2) is 4.57. The highest BCUT2D eigenvalue weighted by atomic mass is 15.3. The van der Waals surface area contributed by atoms with E-state index < -0.39 is 0 Å². The van der Waals surface area contributed by atoms with Gasteiger partial charge in [-0.05, 0) is 33.2 Å². The average molecular weight is 245 g/mol. The van der Waals surface area contributed by atoms with E-state index in [-0.39, 0.29) is 0 Å². The lowest BCUT2D eigenvalue weighted by atomic mass is 10.2. The molecule has 0 amide bonds. The molecule has 2 aromatic heterocycles. The van der Waals surface area contributed by atoms with E-state index in [4.69, 9.17) is 0 Å². The Hall–Kier alpha value is -1.62. The molecule has 5 nitrogen and oxygen atoms in total. The summed E-state index contributed by atoms with van der Waals surface area (Å²) in [5, 5.41) is 7.90. The molecule has 1 fully saturated rings. The van der Waals surface area contributed by atoms with Crippen molar-refractivity contribution in [2.24, 2.45) is 0 Å². The van der Waals surface area contributed by atoms with Gasteiger partial charge >= 0.3 is 0 Å². The zero-order valence-electron chi connectivity index (χ0n) is 10.9. The van der Waals surface area contributed by atoms with Crippen LogP contribution in [0.15, 0.2) is 24.9 Å². The van der Waals surface area contributed by atoms with Crippen LogP contribution in [-0.2, 0) is 0 Å². The van der Waals surface area contributed by atoms with Gasteiger partial charge in [0.15, 0.2) is 0 Å². The molecule has 2 aromatic rings. The van der Waals surface area contributed by atoms with Gasteiger partial charge in [0.1, 0.15) is 0 Å². The maximum atomic E-state index is 4.39. The predicted octanol–water partition coefficient (Wildman–Crippen LogP) is 2.07. The second-order valence-electron chi connectivity index (χ2n) is 5.11. The maximum absolute atomic E-state index is 4.39. The summed E-state index contributed by atoms with van der Waals surface area (Å²) in [6, 6.07) is 0.810. The van der Waals surface area contributed by atoms with E-state index in [2.05, 4.69) is 40.0 Å². The molecule has 1 atom stereocenters. The fourth-order valence-corrected chi connectivity index (χ4v) is 2.45. The van der Waals surface area contributed by atoms with Crippen molar-refractivity contribution < 1.29 is 0 Å². The summed E-state index contributed by atoms with van der Waals surface area (Å²) in [5.41, 5.74) is 2.32. The van der Waals surface area contributed by atoms with E-state index >= 15 is 0 Å². The van der Waals surface area contributed by atoms with E-state index in [1.54, 1.807) is 0 Å². The van der Waals surface area contributed by atoms with E-state index in [9.17, 15) is 0 Å². The monoisotopic (exact) mass is 245 g/mol. The van der Waals surface area contributed by atoms with E-state index in [0.717, 1.165) is 12.2 Å². The quantitative estimate of drug-likeness (QED) is 0.900. The Morgan fingerprint density at radius 3 is 2.94 bits per heavy atom. The summed E-state index contributed by atoms with van der Waals surface area (Å²) in [4.78, 5) is 4.28. The fourth-order valence-electron chi connectivity index (χ4n) is 2.45. The third-order valence-corrected chi connectivity index (χ3v) is 3.48. The summed E-state index contributed by atoms with van der Waals surface area (Å²) in [6.07, 6.45) is 10.2. The third-order valence-electron chi connectivity index (χ3n) is 3.48. The number of aromatic nitrogens is 4. The minimum atomic E-state index is 0.385. The normalized spacial score (nSPS) is 19.8. The summed E-state index contributed by atoms with van der Waals surface area (Å²) >= 11 is 0. The molecule has 1 aliphatic heterocycles. The first-order valence-corrected chi connectivity index (χ1v) is 6.56. The molecule has 5 heteroatoms. The Labute approximate surface area is 107 Å². The first kappa shape index (κ1) is 11.5. The molecule has 3 heterocycles. The van der Waals surface area contributed by atoms with Crippen molar-refractivity contribution in [3.63, 3.8) is 0 Å². The minimum Gasteiger partial charge on any atom is -0.309 e. The predicted molar refractivity (Wildman–Crippen MR) is 69.7 cm³/mol. The van der Waals surface area contributed by atoms with Crippen LogP contribution >= 0.6 is 0 Å². The standard InChI is InChI=1S/C13H19N5/c1-10(2)18-8-11(6-16-18)17-9-14-7-13(17)12-4-3-5-15-12/h6-10,12,15H,3-5H2,1-2H3. The van der Waals surface area contributed by atoms with Gasteiger partial charge in [0.05, 0.1) is 30.1 Å². The van der Waals surface area contributed by atoms with Crippen LogP contribution in [0.1, 0.15) is 44.5 Å². The van der Waals surface area contributed by atoms with Crippen LogP contribution in [0.3, 0.4) is 0 Å². The zero-order valence-corrected chi connectivity index (χ0v) is 10.9. The topological polar surface area (TPSA) is 47.7 Å². The molecule has 0 radical (unpaired) electrons. The second-order valence-corrected chi connectivity index (χ2v) is 5.11. The zero-order chi connectivity index (χ0) is 12.5. The molecule has 1 aliphatic rings. The van der Waals surface area contributed by atoms with Crippen molar-refractivity contribution in [2.75, 3.05) is 6.54 Å². The van der Waals surface area contributed by atoms with E-state index in [0.29, 0.717) is 12.1 Å². The largest absolute Gasteiger partial charge is 0.309 e. The molecule has 0 aliphatic carbocycles. The van der Waals surface area contributed by atoms with Crippen LogP contribution in [0.4, 0.5) is 0 Å². The van der Waals surface area contributed by atoms with Gasteiger partial charge in [0.25, 0.3) is 0 Å². The number of rotatable bonds is 3. The molecule has 1 N–H and O–H groups in total. The lowest BCUT2D eigenvalue weighted by Crippen LogP contribution is -2.16. The van der Waals surface area contributed by atoms with Crippen molar-refractivity contribution in [3.8, 4) is 5.69 Å². The lowest BCUT2D eigenvalue weighted by Gasteiger charge is -2.12. The van der Waals surface area contributed by atoms with Crippen LogP contribution < -0.4 is 5.32 Å². The first-order chi connectivity index (χ1) is 8.75. The van der Waals surface area contributed by atoms with Gasteiger partial charge in [0, 0.05) is 18.3 Å². The molecular formula is C13H19N5. The van der Waals surface area contributed by atoms with Gasteiger partial charge in [-0.25, -0.2) is 4.98 Å². The summed E-state index contributed by atoms with van der Waals surface area (Å²) in [5.74, 6) is 0. The Bertz CT molecular complexity index is 519. The first-order valence-electron chi connectivity index (χ1n) is 6.56. The third kappa shape index (κ3) is 1.95. The molecule has 96 valence electrons. The molecule has 1 saturated heterocycles. The van der Waals surface area contributed by atoms with Crippen LogP contribution in [0.2, 0.25) is 0 Å². The Kier molecular flexibility index (Phi) is 2.91. The van der Waals surface area contributed by atoms with Crippen LogP contribution in [-0.4, -0.2) is 25.9 Å². The number of hydrogen-bond donors (Lipinski definition) is 1. The fraction of sp³-hybridized carbons (Fsp3) is 0.538. The molecule has 0 aromatic carbocycles. The average Bonchev–Trinajstić information content (AvgIpc) is 3.10. The Morgan fingerprint density at radius 1 is 1.39 bits per heavy atom. The van der Waals surface area contributed by atoms with Crippen molar-refractivity contribution in [1.29, 1.82) is 0 Å².